The van der Waals surface area contributed by atoms with E-state index >= 15 is 0 Å². The number of anilines is 1. The van der Waals surface area contributed by atoms with Crippen molar-refractivity contribution in [2.45, 2.75) is 51.4 Å². The van der Waals surface area contributed by atoms with Crippen molar-refractivity contribution in [1.29, 1.82) is 0 Å². The molecule has 46 heavy (non-hydrogen) atoms. The third kappa shape index (κ3) is 8.93. The number of rotatable bonds is 14. The molecule has 10 heteroatoms. The van der Waals surface area contributed by atoms with Gasteiger partial charge in [-0.25, -0.2) is 4.98 Å². The monoisotopic (exact) mass is 641 g/mol. The van der Waals surface area contributed by atoms with Crippen LogP contribution in [0.1, 0.15) is 55.4 Å². The molecule has 2 atom stereocenters. The van der Waals surface area contributed by atoms with Crippen LogP contribution in [0.4, 0.5) is 5.69 Å². The summed E-state index contributed by atoms with van der Waals surface area (Å²) in [5.74, 6) is 0.263. The molecule has 9 nitrogen and oxygen atoms in total. The van der Waals surface area contributed by atoms with E-state index in [1.165, 1.54) is 11.3 Å². The summed E-state index contributed by atoms with van der Waals surface area (Å²) in [4.78, 5) is 35.9. The van der Waals surface area contributed by atoms with E-state index in [9.17, 15) is 14.7 Å². The van der Waals surface area contributed by atoms with Gasteiger partial charge in [-0.05, 0) is 67.6 Å². The van der Waals surface area contributed by atoms with Crippen molar-refractivity contribution < 1.29 is 19.4 Å². The van der Waals surface area contributed by atoms with Crippen LogP contribution < -0.4 is 20.3 Å². The van der Waals surface area contributed by atoms with Gasteiger partial charge in [-0.1, -0.05) is 42.5 Å². The summed E-state index contributed by atoms with van der Waals surface area (Å²) in [6.07, 6.45) is 1.71. The molecule has 1 aliphatic heterocycles. The Bertz CT molecular complexity index is 1600. The van der Waals surface area contributed by atoms with Crippen molar-refractivity contribution in [3.63, 3.8) is 0 Å². The number of carbonyl (C=O) groups excluding carboxylic acids is 2. The Kier molecular flexibility index (Phi) is 11.4. The maximum Gasteiger partial charge on any atom is 0.254 e. The second-order valence-electron chi connectivity index (χ2n) is 11.8. The van der Waals surface area contributed by atoms with Gasteiger partial charge in [-0.2, -0.15) is 0 Å². The van der Waals surface area contributed by atoms with Crippen LogP contribution in [-0.2, 0) is 19.5 Å². The summed E-state index contributed by atoms with van der Waals surface area (Å²) in [5, 5.41) is 20.6. The number of aliphatic hydroxyl groups is 1. The first-order valence-electron chi connectivity index (χ1n) is 15.7. The number of aryl methyl sites for hydroxylation is 1. The summed E-state index contributed by atoms with van der Waals surface area (Å²) in [6, 6.07) is 22.4. The molecule has 0 spiro atoms. The van der Waals surface area contributed by atoms with Gasteiger partial charge in [-0.15, -0.1) is 11.3 Å². The molecule has 242 valence electrons. The summed E-state index contributed by atoms with van der Waals surface area (Å²) in [6.45, 7) is 4.89. The fourth-order valence-electron chi connectivity index (χ4n) is 5.69. The number of amides is 2. The average Bonchev–Trinajstić information content (AvgIpc) is 3.76. The lowest BCUT2D eigenvalue weighted by atomic mass is 9.99. The third-order valence-electron chi connectivity index (χ3n) is 8.18. The summed E-state index contributed by atoms with van der Waals surface area (Å²) in [7, 11) is 3.39. The number of ether oxygens (including phenoxy) is 1. The highest BCUT2D eigenvalue weighted by Crippen LogP contribution is 2.25. The summed E-state index contributed by atoms with van der Waals surface area (Å²) in [5.41, 5.74) is 4.65. The molecule has 0 saturated carbocycles. The Labute approximate surface area is 275 Å². The highest BCUT2D eigenvalue weighted by atomic mass is 32.1. The largest absolute Gasteiger partial charge is 0.497 e. The molecule has 2 heterocycles. The van der Waals surface area contributed by atoms with E-state index < -0.39 is 12.1 Å². The topological polar surface area (TPSA) is 107 Å². The summed E-state index contributed by atoms with van der Waals surface area (Å²) < 4.78 is 5.32. The zero-order valence-electron chi connectivity index (χ0n) is 26.7. The SMILES string of the molecule is COc1cccc(CNC[C@@H](O)[C@H](Cc2ccccc2)NC(=O)c2cc(C(=O)N(C)Cc3nc(C)cs3)cc(N3CCCC3)c2)c1. The second-order valence-corrected chi connectivity index (χ2v) is 12.8. The summed E-state index contributed by atoms with van der Waals surface area (Å²) >= 11 is 1.53. The van der Waals surface area contributed by atoms with E-state index in [0.29, 0.717) is 30.6 Å². The van der Waals surface area contributed by atoms with Crippen LogP contribution in [0.25, 0.3) is 0 Å². The fourth-order valence-corrected chi connectivity index (χ4v) is 6.51. The van der Waals surface area contributed by atoms with E-state index in [2.05, 4.69) is 20.5 Å². The van der Waals surface area contributed by atoms with Crippen LogP contribution in [0.15, 0.2) is 78.2 Å². The quantitative estimate of drug-likeness (QED) is 0.181. The molecule has 0 bridgehead atoms. The van der Waals surface area contributed by atoms with Crippen LogP contribution in [0.5, 0.6) is 5.75 Å². The molecule has 0 aliphatic carbocycles. The Morgan fingerprint density at radius 2 is 1.76 bits per heavy atom. The number of carbonyl (C=O) groups is 2. The van der Waals surface area contributed by atoms with E-state index in [-0.39, 0.29) is 18.4 Å². The first kappa shape index (κ1) is 33.1. The molecule has 1 aliphatic rings. The minimum Gasteiger partial charge on any atom is -0.497 e. The van der Waals surface area contributed by atoms with Crippen molar-refractivity contribution in [3.05, 3.63) is 111 Å². The van der Waals surface area contributed by atoms with Crippen molar-refractivity contribution in [2.75, 3.05) is 38.7 Å². The first-order chi connectivity index (χ1) is 22.3. The highest BCUT2D eigenvalue weighted by molar-refractivity contribution is 7.09. The average molecular weight is 642 g/mol. The fraction of sp³-hybridized carbons (Fsp3) is 0.361. The Morgan fingerprint density at radius 3 is 2.48 bits per heavy atom. The van der Waals surface area contributed by atoms with Crippen LogP contribution in [0.3, 0.4) is 0 Å². The van der Waals surface area contributed by atoms with Crippen molar-refractivity contribution in [3.8, 4) is 5.75 Å². The molecule has 0 unspecified atom stereocenters. The van der Waals surface area contributed by atoms with Crippen LogP contribution in [-0.4, -0.2) is 72.7 Å². The van der Waals surface area contributed by atoms with E-state index in [4.69, 9.17) is 4.74 Å². The van der Waals surface area contributed by atoms with E-state index in [1.54, 1.807) is 25.1 Å². The van der Waals surface area contributed by atoms with Gasteiger partial charge in [-0.3, -0.25) is 9.59 Å². The molecule has 1 aromatic heterocycles. The Balaban J connectivity index is 1.34. The lowest BCUT2D eigenvalue weighted by Crippen LogP contribution is -2.48. The van der Waals surface area contributed by atoms with Gasteiger partial charge < -0.3 is 30.3 Å². The van der Waals surface area contributed by atoms with Gasteiger partial charge in [0.1, 0.15) is 10.8 Å². The van der Waals surface area contributed by atoms with Gasteiger partial charge in [0.15, 0.2) is 0 Å². The van der Waals surface area contributed by atoms with Gasteiger partial charge in [0.05, 0.1) is 25.8 Å². The van der Waals surface area contributed by atoms with E-state index in [0.717, 1.165) is 59.2 Å². The zero-order valence-corrected chi connectivity index (χ0v) is 27.6. The number of benzene rings is 3. The molecular weight excluding hydrogens is 598 g/mol. The molecule has 0 radical (unpaired) electrons. The standard InChI is InChI=1S/C36H43N5O4S/c1-25-24-46-34(38-25)23-40(2)36(44)29-18-28(19-30(20-29)41-14-7-8-15-41)35(43)39-32(17-26-10-5-4-6-11-26)33(42)22-37-21-27-12-9-13-31(16-27)45-3/h4-6,9-13,16,18-20,24,32-33,37,42H,7-8,14-15,17,21-23H2,1-3H3,(H,39,43)/t32-,33+/m0/s1. The molecule has 1 saturated heterocycles. The number of hydrogen-bond acceptors (Lipinski definition) is 8. The molecule has 1 fully saturated rings. The van der Waals surface area contributed by atoms with Gasteiger partial charge in [0, 0.05) is 61.1 Å². The lowest BCUT2D eigenvalue weighted by molar-refractivity contribution is 0.0784. The predicted molar refractivity (Wildman–Crippen MR) is 183 cm³/mol. The number of aromatic nitrogens is 1. The first-order valence-corrected chi connectivity index (χ1v) is 16.6. The number of methoxy groups -OCH3 is 1. The van der Waals surface area contributed by atoms with Crippen LogP contribution >= 0.6 is 11.3 Å². The smallest absolute Gasteiger partial charge is 0.254 e. The minimum atomic E-state index is -0.870. The molecule has 3 N–H and O–H groups in total. The second kappa shape index (κ2) is 15.8. The molecular formula is C36H43N5O4S. The normalized spacial score (nSPS) is 14.1. The molecule has 2 amide bonds. The lowest BCUT2D eigenvalue weighted by Gasteiger charge is -2.26. The number of hydrogen-bond donors (Lipinski definition) is 3. The van der Waals surface area contributed by atoms with Crippen molar-refractivity contribution in [2.24, 2.45) is 0 Å². The zero-order chi connectivity index (χ0) is 32.5. The van der Waals surface area contributed by atoms with E-state index in [1.807, 2.05) is 79.0 Å². The molecule has 4 aromatic rings. The van der Waals surface area contributed by atoms with Crippen molar-refractivity contribution in [1.82, 2.24) is 20.5 Å². The predicted octanol–water partition coefficient (Wildman–Crippen LogP) is 4.82. The van der Waals surface area contributed by atoms with Crippen molar-refractivity contribution >= 4 is 28.8 Å². The highest BCUT2D eigenvalue weighted by Gasteiger charge is 2.25. The maximum absolute atomic E-state index is 13.9. The van der Waals surface area contributed by atoms with Gasteiger partial charge in [0.25, 0.3) is 11.8 Å². The number of aliphatic hydroxyl groups excluding tert-OH is 1. The number of nitrogens with zero attached hydrogens (tertiary/aromatic N) is 3. The van der Waals surface area contributed by atoms with Crippen LogP contribution in [0, 0.1) is 6.92 Å². The van der Waals surface area contributed by atoms with Gasteiger partial charge in [0.2, 0.25) is 0 Å². The van der Waals surface area contributed by atoms with Crippen LogP contribution in [0.2, 0.25) is 0 Å². The number of nitrogens with one attached hydrogen (secondary N) is 2. The third-order valence-corrected chi connectivity index (χ3v) is 9.13. The maximum atomic E-state index is 13.9. The minimum absolute atomic E-state index is 0.175. The Morgan fingerprint density at radius 1 is 1.02 bits per heavy atom. The Hall–Kier alpha value is -4.25. The number of thiazole rings is 1. The molecule has 5 rings (SSSR count). The van der Waals surface area contributed by atoms with Gasteiger partial charge >= 0.3 is 0 Å². The molecule has 3 aromatic carbocycles.